The molecule has 0 spiro atoms. The average Bonchev–Trinajstić information content (AvgIpc) is 2.35. The molecule has 0 aliphatic rings. The van der Waals surface area contributed by atoms with Crippen LogP contribution in [0.5, 0.6) is 5.75 Å². The predicted octanol–water partition coefficient (Wildman–Crippen LogP) is 3.26. The molecule has 0 aliphatic carbocycles. The Morgan fingerprint density at radius 2 is 1.78 bits per heavy atom. The number of hydrogen-bond acceptors (Lipinski definition) is 4. The van der Waals surface area contributed by atoms with E-state index in [0.29, 0.717) is 18.3 Å². The molecule has 0 saturated heterocycles. The zero-order chi connectivity index (χ0) is 13.4. The first-order valence-electron chi connectivity index (χ1n) is 6.09. The van der Waals surface area contributed by atoms with Crippen molar-refractivity contribution in [1.82, 2.24) is 0 Å². The molecule has 1 atom stereocenters. The molecule has 0 saturated carbocycles. The highest BCUT2D eigenvalue weighted by Crippen LogP contribution is 2.09. The summed E-state index contributed by atoms with van der Waals surface area (Å²) in [4.78, 5) is 11.4. The zero-order valence-electron chi connectivity index (χ0n) is 11.1. The maximum atomic E-state index is 11.4. The summed E-state index contributed by atoms with van der Waals surface area (Å²) >= 11 is 0. The topological polar surface area (TPSA) is 44.8 Å². The molecule has 1 unspecified atom stereocenters. The lowest BCUT2D eigenvalue weighted by Gasteiger charge is -2.14. The molecular formula is C14H20O4. The fourth-order valence-electron chi connectivity index (χ4n) is 1.20. The Morgan fingerprint density at radius 1 is 1.11 bits per heavy atom. The van der Waals surface area contributed by atoms with Crippen molar-refractivity contribution >= 4 is 6.16 Å². The lowest BCUT2D eigenvalue weighted by atomic mass is 10.2. The maximum absolute atomic E-state index is 11.4. The van der Waals surface area contributed by atoms with Crippen LogP contribution in [0.25, 0.3) is 0 Å². The van der Waals surface area contributed by atoms with Crippen molar-refractivity contribution in [2.45, 2.75) is 26.9 Å². The molecule has 0 aromatic heterocycles. The van der Waals surface area contributed by atoms with Gasteiger partial charge in [-0.3, -0.25) is 0 Å². The summed E-state index contributed by atoms with van der Waals surface area (Å²) in [5, 5.41) is 0. The molecule has 0 fully saturated rings. The van der Waals surface area contributed by atoms with Crippen molar-refractivity contribution in [2.24, 2.45) is 5.92 Å². The Hall–Kier alpha value is -1.55. The highest BCUT2D eigenvalue weighted by molar-refractivity contribution is 5.63. The highest BCUT2D eigenvalue weighted by atomic mass is 16.7. The number of hydrogen-bond donors (Lipinski definition) is 0. The van der Waals surface area contributed by atoms with Gasteiger partial charge in [0.15, 0.2) is 0 Å². The lowest BCUT2D eigenvalue weighted by Crippen LogP contribution is -2.22. The average molecular weight is 252 g/mol. The van der Waals surface area contributed by atoms with E-state index in [-0.39, 0.29) is 12.7 Å². The Kier molecular flexibility index (Phi) is 6.22. The van der Waals surface area contributed by atoms with E-state index in [9.17, 15) is 4.79 Å². The summed E-state index contributed by atoms with van der Waals surface area (Å²) in [7, 11) is 0. The molecule has 0 N–H and O–H groups in total. The summed E-state index contributed by atoms with van der Waals surface area (Å²) in [5.74, 6) is 0.932. The van der Waals surface area contributed by atoms with Gasteiger partial charge in [-0.15, -0.1) is 0 Å². The van der Waals surface area contributed by atoms with Gasteiger partial charge >= 0.3 is 6.16 Å². The maximum Gasteiger partial charge on any atom is 0.513 e. The van der Waals surface area contributed by atoms with Crippen LogP contribution in [-0.2, 0) is 9.47 Å². The summed E-state index contributed by atoms with van der Waals surface area (Å²) in [6.45, 7) is 6.84. The van der Waals surface area contributed by atoms with Crippen LogP contribution in [0.4, 0.5) is 4.79 Å². The molecule has 0 aliphatic heterocycles. The molecule has 4 heteroatoms. The van der Waals surface area contributed by atoms with E-state index in [4.69, 9.17) is 14.2 Å². The fraction of sp³-hybridized carbons (Fsp3) is 0.500. The number of rotatable bonds is 6. The van der Waals surface area contributed by atoms with Crippen molar-refractivity contribution in [1.29, 1.82) is 0 Å². The number of para-hydroxylation sites is 1. The SMILES string of the molecule is CC(C)COC(C)COC(=O)Oc1ccccc1. The molecule has 1 aromatic carbocycles. The second-order valence-electron chi connectivity index (χ2n) is 4.51. The van der Waals surface area contributed by atoms with Crippen LogP contribution in [0, 0.1) is 5.92 Å². The van der Waals surface area contributed by atoms with E-state index >= 15 is 0 Å². The molecule has 0 bridgehead atoms. The first kappa shape index (κ1) is 14.5. The van der Waals surface area contributed by atoms with E-state index in [1.807, 2.05) is 13.0 Å². The van der Waals surface area contributed by atoms with Gasteiger partial charge in [0.1, 0.15) is 12.4 Å². The third-order valence-electron chi connectivity index (χ3n) is 2.09. The summed E-state index contributed by atoms with van der Waals surface area (Å²) in [6, 6.07) is 8.81. The monoisotopic (exact) mass is 252 g/mol. The summed E-state index contributed by atoms with van der Waals surface area (Å²) < 4.78 is 15.4. The minimum absolute atomic E-state index is 0.129. The minimum atomic E-state index is -0.707. The Labute approximate surface area is 108 Å². The van der Waals surface area contributed by atoms with Gasteiger partial charge in [0.05, 0.1) is 6.10 Å². The van der Waals surface area contributed by atoms with Gasteiger partial charge in [0.2, 0.25) is 0 Å². The van der Waals surface area contributed by atoms with Crippen LogP contribution >= 0.6 is 0 Å². The number of ether oxygens (including phenoxy) is 3. The summed E-state index contributed by atoms with van der Waals surface area (Å²) in [5.41, 5.74) is 0. The Balaban J connectivity index is 2.21. The fourth-order valence-corrected chi connectivity index (χ4v) is 1.20. The molecule has 18 heavy (non-hydrogen) atoms. The number of benzene rings is 1. The summed E-state index contributed by atoms with van der Waals surface area (Å²) in [6.07, 6.45) is -0.836. The zero-order valence-corrected chi connectivity index (χ0v) is 11.1. The predicted molar refractivity (Wildman–Crippen MR) is 68.7 cm³/mol. The van der Waals surface area contributed by atoms with Crippen LogP contribution in [0.15, 0.2) is 30.3 Å². The molecule has 4 nitrogen and oxygen atoms in total. The standard InChI is InChI=1S/C14H20O4/c1-11(2)9-16-12(3)10-17-14(15)18-13-7-5-4-6-8-13/h4-8,11-12H,9-10H2,1-3H3. The van der Waals surface area contributed by atoms with Gasteiger partial charge in [0.25, 0.3) is 0 Å². The van der Waals surface area contributed by atoms with Crippen LogP contribution in [-0.4, -0.2) is 25.5 Å². The van der Waals surface area contributed by atoms with Crippen molar-refractivity contribution in [3.05, 3.63) is 30.3 Å². The van der Waals surface area contributed by atoms with Gasteiger partial charge in [-0.2, -0.15) is 0 Å². The normalized spacial score (nSPS) is 12.2. The second kappa shape index (κ2) is 7.71. The van der Waals surface area contributed by atoms with Gasteiger partial charge < -0.3 is 14.2 Å². The Morgan fingerprint density at radius 3 is 2.39 bits per heavy atom. The molecule has 0 amide bonds. The van der Waals surface area contributed by atoms with Crippen molar-refractivity contribution in [3.8, 4) is 5.75 Å². The molecule has 0 heterocycles. The Bertz CT molecular complexity index is 348. The van der Waals surface area contributed by atoms with Crippen LogP contribution in [0.2, 0.25) is 0 Å². The highest BCUT2D eigenvalue weighted by Gasteiger charge is 2.10. The third-order valence-corrected chi connectivity index (χ3v) is 2.09. The first-order valence-corrected chi connectivity index (χ1v) is 6.09. The largest absolute Gasteiger partial charge is 0.513 e. The number of carbonyl (C=O) groups is 1. The molecular weight excluding hydrogens is 232 g/mol. The molecule has 1 aromatic rings. The van der Waals surface area contributed by atoms with E-state index in [0.717, 1.165) is 0 Å². The quantitative estimate of drug-likeness (QED) is 0.576. The van der Waals surface area contributed by atoms with Crippen LogP contribution in [0.3, 0.4) is 0 Å². The lowest BCUT2D eigenvalue weighted by molar-refractivity contribution is -0.00501. The van der Waals surface area contributed by atoms with Gasteiger partial charge in [-0.1, -0.05) is 32.0 Å². The minimum Gasteiger partial charge on any atom is -0.431 e. The van der Waals surface area contributed by atoms with Gasteiger partial charge in [-0.05, 0) is 25.0 Å². The van der Waals surface area contributed by atoms with Crippen LogP contribution < -0.4 is 4.74 Å². The van der Waals surface area contributed by atoms with Crippen molar-refractivity contribution in [3.63, 3.8) is 0 Å². The molecule has 1 rings (SSSR count). The van der Waals surface area contributed by atoms with E-state index in [1.165, 1.54) is 0 Å². The van der Waals surface area contributed by atoms with E-state index in [1.54, 1.807) is 24.3 Å². The van der Waals surface area contributed by atoms with Gasteiger partial charge in [-0.25, -0.2) is 4.79 Å². The van der Waals surface area contributed by atoms with Crippen molar-refractivity contribution in [2.75, 3.05) is 13.2 Å². The van der Waals surface area contributed by atoms with Crippen molar-refractivity contribution < 1.29 is 19.0 Å². The number of carbonyl (C=O) groups excluding carboxylic acids is 1. The van der Waals surface area contributed by atoms with Gasteiger partial charge in [0, 0.05) is 6.61 Å². The smallest absolute Gasteiger partial charge is 0.431 e. The van der Waals surface area contributed by atoms with E-state index < -0.39 is 6.16 Å². The second-order valence-corrected chi connectivity index (χ2v) is 4.51. The van der Waals surface area contributed by atoms with Crippen LogP contribution in [0.1, 0.15) is 20.8 Å². The molecule has 100 valence electrons. The van der Waals surface area contributed by atoms with E-state index in [2.05, 4.69) is 13.8 Å². The first-order chi connectivity index (χ1) is 8.58. The third kappa shape index (κ3) is 6.25. The molecule has 0 radical (unpaired) electrons.